The number of ether oxygens (including phenoxy) is 2. The maximum Gasteiger partial charge on any atom is 0.260 e. The van der Waals surface area contributed by atoms with Crippen molar-refractivity contribution in [3.8, 4) is 45.8 Å². The van der Waals surface area contributed by atoms with Gasteiger partial charge < -0.3 is 9.47 Å². The maximum absolute atomic E-state index is 6.73. The smallest absolute Gasteiger partial charge is 0.260 e. The van der Waals surface area contributed by atoms with E-state index in [-0.39, 0.29) is 6.71 Å². The van der Waals surface area contributed by atoms with E-state index < -0.39 is 0 Å². The first-order valence-electron chi connectivity index (χ1n) is 18.0. The van der Waals surface area contributed by atoms with E-state index >= 15 is 0 Å². The van der Waals surface area contributed by atoms with Gasteiger partial charge in [-0.15, -0.1) is 0 Å². The zero-order valence-corrected chi connectivity index (χ0v) is 28.4. The van der Waals surface area contributed by atoms with Crippen molar-refractivity contribution in [3.05, 3.63) is 170 Å². The van der Waals surface area contributed by atoms with Crippen molar-refractivity contribution in [1.29, 1.82) is 0 Å². The van der Waals surface area contributed by atoms with Crippen LogP contribution in [-0.2, 0) is 0 Å². The molecule has 0 bridgehead atoms. The van der Waals surface area contributed by atoms with Crippen LogP contribution in [0.3, 0.4) is 0 Å². The van der Waals surface area contributed by atoms with Gasteiger partial charge >= 0.3 is 0 Å². The van der Waals surface area contributed by atoms with Crippen LogP contribution in [0.4, 0.5) is 0 Å². The van der Waals surface area contributed by atoms with Crippen LogP contribution in [0.5, 0.6) is 23.0 Å². The van der Waals surface area contributed by atoms with Gasteiger partial charge in [-0.1, -0.05) is 109 Å². The minimum Gasteiger partial charge on any atom is -0.458 e. The number of pyridine rings is 1. The second-order valence-electron chi connectivity index (χ2n) is 13.9. The highest BCUT2D eigenvalue weighted by molar-refractivity contribution is 6.98. The summed E-state index contributed by atoms with van der Waals surface area (Å²) < 4.78 is 18.1. The summed E-state index contributed by atoms with van der Waals surface area (Å²) in [5.74, 6) is 5.03. The molecule has 5 heterocycles. The number of rotatable bonds is 3. The summed E-state index contributed by atoms with van der Waals surface area (Å²) in [5, 5.41) is 4.77. The van der Waals surface area contributed by atoms with Crippen molar-refractivity contribution in [1.82, 2.24) is 14.1 Å². The van der Waals surface area contributed by atoms with Crippen molar-refractivity contribution in [3.63, 3.8) is 0 Å². The Bertz CT molecular complexity index is 2850. The summed E-state index contributed by atoms with van der Waals surface area (Å²) >= 11 is 0. The van der Waals surface area contributed by atoms with Crippen molar-refractivity contribution in [2.45, 2.75) is 0 Å². The quantitative estimate of drug-likeness (QED) is 0.175. The van der Waals surface area contributed by atoms with Crippen molar-refractivity contribution < 1.29 is 9.47 Å². The molecule has 0 saturated carbocycles. The minimum absolute atomic E-state index is 0.0164. The van der Waals surface area contributed by atoms with Crippen molar-refractivity contribution >= 4 is 66.7 Å². The molecule has 7 aromatic carbocycles. The second kappa shape index (κ2) is 10.7. The monoisotopic (exact) mass is 677 g/mol. The highest BCUT2D eigenvalue weighted by Gasteiger charge is 2.40. The van der Waals surface area contributed by atoms with E-state index in [1.54, 1.807) is 0 Å². The predicted molar refractivity (Wildman–Crippen MR) is 216 cm³/mol. The topological polar surface area (TPSA) is 41.2 Å². The summed E-state index contributed by atoms with van der Waals surface area (Å²) in [6.07, 6.45) is 0. The summed E-state index contributed by atoms with van der Waals surface area (Å²) in [7, 11) is 0. The Morgan fingerprint density at radius 2 is 0.736 bits per heavy atom. The minimum atomic E-state index is 0.0164. The van der Waals surface area contributed by atoms with Gasteiger partial charge in [-0.05, 0) is 82.7 Å². The molecule has 0 N–H and O–H groups in total. The number of para-hydroxylation sites is 6. The van der Waals surface area contributed by atoms with Crippen molar-refractivity contribution in [2.75, 3.05) is 0 Å². The normalized spacial score (nSPS) is 12.8. The number of hydrogen-bond acceptors (Lipinski definition) is 3. The van der Waals surface area contributed by atoms with E-state index in [1.165, 1.54) is 21.5 Å². The van der Waals surface area contributed by atoms with Gasteiger partial charge in [0.2, 0.25) is 0 Å². The fraction of sp³-hybridized carbons (Fsp3) is 0. The average molecular weight is 678 g/mol. The van der Waals surface area contributed by atoms with Gasteiger partial charge in [-0.3, -0.25) is 9.13 Å². The molecule has 2 aliphatic heterocycles. The molecule has 53 heavy (non-hydrogen) atoms. The lowest BCUT2D eigenvalue weighted by Crippen LogP contribution is -2.57. The Hall–Kier alpha value is -7.05. The van der Waals surface area contributed by atoms with Crippen LogP contribution in [0.25, 0.3) is 66.4 Å². The van der Waals surface area contributed by atoms with E-state index in [2.05, 4.69) is 167 Å². The SMILES string of the molecule is c1ccc2c(c1)Oc1cc(-c3cc(-n4c5ccccc5c5ccccc54)nc(-n4c5ccccc5c5ccccc54)c3)cc3c1B2c1ccccc1O3. The fourth-order valence-corrected chi connectivity index (χ4v) is 8.80. The molecule has 6 heteroatoms. The number of fused-ring (bicyclic) bond motifs is 10. The Labute approximate surface area is 305 Å². The molecule has 0 unspecified atom stereocenters. The molecule has 0 fully saturated rings. The van der Waals surface area contributed by atoms with E-state index in [0.29, 0.717) is 0 Å². The number of benzene rings is 7. The first-order chi connectivity index (χ1) is 26.3. The van der Waals surface area contributed by atoms with Crippen LogP contribution in [0.1, 0.15) is 0 Å². The number of hydrogen-bond donors (Lipinski definition) is 0. The van der Waals surface area contributed by atoms with Crippen LogP contribution in [0.2, 0.25) is 0 Å². The van der Waals surface area contributed by atoms with Gasteiger partial charge in [0.05, 0.1) is 22.1 Å². The molecule has 3 aromatic heterocycles. The third-order valence-electron chi connectivity index (χ3n) is 11.0. The lowest BCUT2D eigenvalue weighted by atomic mass is 9.35. The molecule has 0 saturated heterocycles. The van der Waals surface area contributed by atoms with Gasteiger partial charge in [0.1, 0.15) is 34.6 Å². The molecule has 2 aliphatic rings. The lowest BCUT2D eigenvalue weighted by Gasteiger charge is -2.33. The van der Waals surface area contributed by atoms with Gasteiger partial charge in [0.25, 0.3) is 6.71 Å². The summed E-state index contributed by atoms with van der Waals surface area (Å²) in [6, 6.07) is 59.8. The van der Waals surface area contributed by atoms with E-state index in [0.717, 1.165) is 84.2 Å². The summed E-state index contributed by atoms with van der Waals surface area (Å²) in [6.45, 7) is 0.0164. The molecule has 10 aromatic rings. The first-order valence-corrected chi connectivity index (χ1v) is 18.0. The van der Waals surface area contributed by atoms with Gasteiger partial charge in [-0.25, -0.2) is 4.98 Å². The van der Waals surface area contributed by atoms with E-state index in [1.807, 2.05) is 12.1 Å². The molecular formula is C47H28BN3O2. The summed E-state index contributed by atoms with van der Waals surface area (Å²) in [5.41, 5.74) is 9.78. The standard InChI is InChI=1S/C47H28BN3O2/c1-7-19-37-31(13-1)32-14-2-8-20-38(32)50(37)45-27-30(28-46(49-45)51-39-21-9-3-15-33(39)34-16-4-10-22-40(34)51)29-25-43-47-44(26-29)53-42-24-12-6-18-36(42)48(47)35-17-5-11-23-41(35)52-43/h1-28H. The fourth-order valence-electron chi connectivity index (χ4n) is 8.80. The molecular weight excluding hydrogens is 649 g/mol. The Morgan fingerprint density at radius 1 is 0.377 bits per heavy atom. The summed E-state index contributed by atoms with van der Waals surface area (Å²) in [4.78, 5) is 5.52. The predicted octanol–water partition coefficient (Wildman–Crippen LogP) is 9.67. The Kier molecular flexibility index (Phi) is 5.80. The third-order valence-corrected chi connectivity index (χ3v) is 11.0. The molecule has 0 radical (unpaired) electrons. The lowest BCUT2D eigenvalue weighted by molar-refractivity contribution is 0.465. The van der Waals surface area contributed by atoms with Crippen molar-refractivity contribution in [2.24, 2.45) is 0 Å². The van der Waals surface area contributed by atoms with Crippen LogP contribution >= 0.6 is 0 Å². The van der Waals surface area contributed by atoms with Crippen LogP contribution in [0.15, 0.2) is 170 Å². The van der Waals surface area contributed by atoms with Crippen LogP contribution < -0.4 is 25.9 Å². The average Bonchev–Trinajstić information content (AvgIpc) is 3.74. The van der Waals surface area contributed by atoms with Gasteiger partial charge in [0, 0.05) is 27.0 Å². The van der Waals surface area contributed by atoms with E-state index in [4.69, 9.17) is 14.5 Å². The molecule has 12 rings (SSSR count). The van der Waals surface area contributed by atoms with Crippen LogP contribution in [0, 0.1) is 0 Å². The van der Waals surface area contributed by atoms with Gasteiger partial charge in [-0.2, -0.15) is 0 Å². The zero-order chi connectivity index (χ0) is 34.6. The zero-order valence-electron chi connectivity index (χ0n) is 28.4. The largest absolute Gasteiger partial charge is 0.458 e. The first kappa shape index (κ1) is 28.6. The maximum atomic E-state index is 6.73. The molecule has 0 spiro atoms. The molecule has 5 nitrogen and oxygen atoms in total. The molecule has 0 amide bonds. The number of nitrogens with zero attached hydrogens (tertiary/aromatic N) is 3. The second-order valence-corrected chi connectivity index (χ2v) is 13.9. The Morgan fingerprint density at radius 3 is 1.17 bits per heavy atom. The van der Waals surface area contributed by atoms with E-state index in [9.17, 15) is 0 Å². The number of aromatic nitrogens is 3. The Balaban J connectivity index is 1.16. The van der Waals surface area contributed by atoms with Gasteiger partial charge in [0.15, 0.2) is 0 Å². The molecule has 246 valence electrons. The van der Waals surface area contributed by atoms with Crippen LogP contribution in [-0.4, -0.2) is 20.8 Å². The third kappa shape index (κ3) is 4.06. The highest BCUT2D eigenvalue weighted by atomic mass is 16.5. The molecule has 0 aliphatic carbocycles. The highest BCUT2D eigenvalue weighted by Crippen LogP contribution is 2.41. The molecule has 0 atom stereocenters.